The molecule has 0 atom stereocenters. The van der Waals surface area contributed by atoms with Crippen LogP contribution in [0.5, 0.6) is 0 Å². The molecule has 0 saturated carbocycles. The highest BCUT2D eigenvalue weighted by atomic mass is 19.4. The van der Waals surface area contributed by atoms with Crippen LogP contribution in [0.3, 0.4) is 0 Å². The van der Waals surface area contributed by atoms with Crippen molar-refractivity contribution in [2.24, 2.45) is 0 Å². The third-order valence-electron chi connectivity index (χ3n) is 1.85. The van der Waals surface area contributed by atoms with E-state index in [4.69, 9.17) is 0 Å². The predicted octanol–water partition coefficient (Wildman–Crippen LogP) is 3.19. The van der Waals surface area contributed by atoms with Crippen LogP contribution < -0.4 is 0 Å². The molecule has 0 aliphatic rings. The minimum atomic E-state index is -4.20. The van der Waals surface area contributed by atoms with E-state index in [-0.39, 0.29) is 13.0 Å². The van der Waals surface area contributed by atoms with Crippen molar-refractivity contribution in [3.8, 4) is 0 Å². The summed E-state index contributed by atoms with van der Waals surface area (Å²) in [4.78, 5) is 11.3. The van der Waals surface area contributed by atoms with Gasteiger partial charge in [-0.2, -0.15) is 13.2 Å². The number of halogens is 3. The van der Waals surface area contributed by atoms with Gasteiger partial charge in [0.25, 0.3) is 0 Å². The first-order valence-corrected chi connectivity index (χ1v) is 4.78. The van der Waals surface area contributed by atoms with E-state index in [1.165, 1.54) is 0 Å². The molecule has 1 aromatic carbocycles. The van der Waals surface area contributed by atoms with E-state index in [9.17, 15) is 18.0 Å². The van der Waals surface area contributed by atoms with Crippen molar-refractivity contribution in [1.29, 1.82) is 0 Å². The smallest absolute Gasteiger partial charge is 0.389 e. The number of ether oxygens (including phenoxy) is 1. The Bertz CT molecular complexity index is 333. The lowest BCUT2D eigenvalue weighted by atomic mass is 10.2. The van der Waals surface area contributed by atoms with Crippen LogP contribution >= 0.6 is 0 Å². The standard InChI is InChI=1S/C11H11F3O2/c12-11(13,14)7-4-8-16-10(15)9-5-2-1-3-6-9/h1-3,5-6H,4,7-8H2. The fraction of sp³-hybridized carbons (Fsp3) is 0.364. The summed E-state index contributed by atoms with van der Waals surface area (Å²) >= 11 is 0. The van der Waals surface area contributed by atoms with Crippen molar-refractivity contribution >= 4 is 5.97 Å². The van der Waals surface area contributed by atoms with E-state index >= 15 is 0 Å². The zero-order valence-electron chi connectivity index (χ0n) is 8.46. The lowest BCUT2D eigenvalue weighted by molar-refractivity contribution is -0.137. The molecule has 0 spiro atoms. The van der Waals surface area contributed by atoms with Gasteiger partial charge in [0.05, 0.1) is 12.2 Å². The number of hydrogen-bond donors (Lipinski definition) is 0. The minimum Gasteiger partial charge on any atom is -0.462 e. The van der Waals surface area contributed by atoms with Crippen molar-refractivity contribution in [2.75, 3.05) is 6.61 Å². The fourth-order valence-corrected chi connectivity index (χ4v) is 1.10. The van der Waals surface area contributed by atoms with Gasteiger partial charge in [-0.05, 0) is 18.6 Å². The fourth-order valence-electron chi connectivity index (χ4n) is 1.10. The molecule has 1 aromatic rings. The highest BCUT2D eigenvalue weighted by Gasteiger charge is 2.26. The molecule has 0 saturated heterocycles. The van der Waals surface area contributed by atoms with Gasteiger partial charge < -0.3 is 4.74 Å². The summed E-state index contributed by atoms with van der Waals surface area (Å²) < 4.78 is 40.0. The molecule has 0 radical (unpaired) electrons. The van der Waals surface area contributed by atoms with Gasteiger partial charge in [-0.15, -0.1) is 0 Å². The second kappa shape index (κ2) is 5.53. The second-order valence-electron chi connectivity index (χ2n) is 3.22. The lowest BCUT2D eigenvalue weighted by Crippen LogP contribution is -2.11. The molecule has 0 aromatic heterocycles. The van der Waals surface area contributed by atoms with E-state index in [2.05, 4.69) is 4.74 Å². The molecule has 0 unspecified atom stereocenters. The van der Waals surface area contributed by atoms with E-state index in [0.717, 1.165) is 0 Å². The van der Waals surface area contributed by atoms with Gasteiger partial charge in [0.15, 0.2) is 0 Å². The van der Waals surface area contributed by atoms with Crippen LogP contribution in [0, 0.1) is 0 Å². The number of benzene rings is 1. The first-order valence-electron chi connectivity index (χ1n) is 4.78. The molecule has 5 heteroatoms. The van der Waals surface area contributed by atoms with Gasteiger partial charge in [0, 0.05) is 6.42 Å². The van der Waals surface area contributed by atoms with Crippen LogP contribution in [0.2, 0.25) is 0 Å². The van der Waals surface area contributed by atoms with Gasteiger partial charge in [-0.1, -0.05) is 18.2 Å². The molecule has 88 valence electrons. The van der Waals surface area contributed by atoms with Crippen LogP contribution in [0.4, 0.5) is 13.2 Å². The Kier molecular flexibility index (Phi) is 4.34. The topological polar surface area (TPSA) is 26.3 Å². The summed E-state index contributed by atoms with van der Waals surface area (Å²) in [6.45, 7) is -0.215. The maximum Gasteiger partial charge on any atom is 0.389 e. The van der Waals surface area contributed by atoms with Crippen LogP contribution in [-0.2, 0) is 4.74 Å². The molecule has 0 heterocycles. The number of alkyl halides is 3. The first-order chi connectivity index (χ1) is 7.49. The van der Waals surface area contributed by atoms with Gasteiger partial charge in [-0.3, -0.25) is 0 Å². The highest BCUT2D eigenvalue weighted by Crippen LogP contribution is 2.21. The Morgan fingerprint density at radius 1 is 1.19 bits per heavy atom. The quantitative estimate of drug-likeness (QED) is 0.588. The van der Waals surface area contributed by atoms with Crippen LogP contribution in [-0.4, -0.2) is 18.8 Å². The summed E-state index contributed by atoms with van der Waals surface area (Å²) in [6, 6.07) is 8.15. The SMILES string of the molecule is O=C(OCCCC(F)(F)F)c1ccccc1. The number of carbonyl (C=O) groups is 1. The maximum atomic E-state index is 11.8. The molecule has 2 nitrogen and oxygen atoms in total. The van der Waals surface area contributed by atoms with Crippen LogP contribution in [0.15, 0.2) is 30.3 Å². The summed E-state index contributed by atoms with van der Waals surface area (Å²) in [6.07, 6.45) is -5.34. The molecule has 1 rings (SSSR count). The zero-order valence-corrected chi connectivity index (χ0v) is 8.46. The molecule has 16 heavy (non-hydrogen) atoms. The van der Waals surface area contributed by atoms with Gasteiger partial charge in [-0.25, -0.2) is 4.79 Å². The Hall–Kier alpha value is -1.52. The number of rotatable bonds is 4. The molecule has 0 amide bonds. The zero-order chi connectivity index (χ0) is 12.0. The molecule has 0 aliphatic carbocycles. The third-order valence-corrected chi connectivity index (χ3v) is 1.85. The average Bonchev–Trinajstić information content (AvgIpc) is 2.24. The molecule has 0 fully saturated rings. The Morgan fingerprint density at radius 3 is 2.38 bits per heavy atom. The maximum absolute atomic E-state index is 11.8. The number of hydrogen-bond acceptors (Lipinski definition) is 2. The Morgan fingerprint density at radius 2 is 1.81 bits per heavy atom. The molecular weight excluding hydrogens is 221 g/mol. The number of esters is 1. The van der Waals surface area contributed by atoms with E-state index in [0.29, 0.717) is 5.56 Å². The van der Waals surface area contributed by atoms with Crippen molar-refractivity contribution in [1.82, 2.24) is 0 Å². The van der Waals surface area contributed by atoms with Crippen molar-refractivity contribution < 1.29 is 22.7 Å². The van der Waals surface area contributed by atoms with Gasteiger partial charge >= 0.3 is 12.1 Å². The summed E-state index contributed by atoms with van der Waals surface area (Å²) in [5.74, 6) is -0.595. The molecule has 0 bridgehead atoms. The summed E-state index contributed by atoms with van der Waals surface area (Å²) in [5, 5.41) is 0. The van der Waals surface area contributed by atoms with E-state index < -0.39 is 18.6 Å². The number of carbonyl (C=O) groups excluding carboxylic acids is 1. The first kappa shape index (κ1) is 12.5. The Balaban J connectivity index is 2.27. The van der Waals surface area contributed by atoms with Gasteiger partial charge in [0.1, 0.15) is 0 Å². The average molecular weight is 232 g/mol. The Labute approximate surface area is 91.0 Å². The molecule has 0 aliphatic heterocycles. The molecular formula is C11H11F3O2. The third kappa shape index (κ3) is 4.82. The van der Waals surface area contributed by atoms with E-state index in [1.54, 1.807) is 30.3 Å². The van der Waals surface area contributed by atoms with Crippen LogP contribution in [0.25, 0.3) is 0 Å². The van der Waals surface area contributed by atoms with Crippen molar-refractivity contribution in [3.63, 3.8) is 0 Å². The predicted molar refractivity (Wildman–Crippen MR) is 52.0 cm³/mol. The summed E-state index contributed by atoms with van der Waals surface area (Å²) in [5.41, 5.74) is 0.342. The normalized spacial score (nSPS) is 11.2. The largest absolute Gasteiger partial charge is 0.462 e. The van der Waals surface area contributed by atoms with Crippen molar-refractivity contribution in [3.05, 3.63) is 35.9 Å². The van der Waals surface area contributed by atoms with Crippen molar-refractivity contribution in [2.45, 2.75) is 19.0 Å². The summed E-state index contributed by atoms with van der Waals surface area (Å²) in [7, 11) is 0. The minimum absolute atomic E-state index is 0.206. The monoisotopic (exact) mass is 232 g/mol. The van der Waals surface area contributed by atoms with E-state index in [1.807, 2.05) is 0 Å². The molecule has 0 N–H and O–H groups in total. The second-order valence-corrected chi connectivity index (χ2v) is 3.22. The van der Waals surface area contributed by atoms with Crippen LogP contribution in [0.1, 0.15) is 23.2 Å². The van der Waals surface area contributed by atoms with Gasteiger partial charge in [0.2, 0.25) is 0 Å². The highest BCUT2D eigenvalue weighted by molar-refractivity contribution is 5.89. The lowest BCUT2D eigenvalue weighted by Gasteiger charge is -2.06.